The van der Waals surface area contributed by atoms with Gasteiger partial charge in [-0.25, -0.2) is 0 Å². The molecule has 6 nitrogen and oxygen atoms in total. The van der Waals surface area contributed by atoms with Gasteiger partial charge in [0, 0.05) is 6.42 Å². The number of unbranched alkanes of at least 4 members (excludes halogenated alkanes) is 28. The van der Waals surface area contributed by atoms with E-state index < -0.39 is 18.2 Å². The van der Waals surface area contributed by atoms with E-state index in [0.29, 0.717) is 19.3 Å². The van der Waals surface area contributed by atoms with Crippen LogP contribution in [0.5, 0.6) is 0 Å². The van der Waals surface area contributed by atoms with E-state index in [-0.39, 0.29) is 24.9 Å². The number of ether oxygens (including phenoxy) is 1. The molecule has 6 heteroatoms. The molecular formula is C56H103NO5. The number of esters is 1. The Hall–Kier alpha value is -2.18. The maximum atomic E-state index is 13.2. The molecule has 0 rings (SSSR count). The van der Waals surface area contributed by atoms with Crippen LogP contribution in [-0.4, -0.2) is 46.9 Å². The zero-order valence-corrected chi connectivity index (χ0v) is 41.3. The van der Waals surface area contributed by atoms with Crippen molar-refractivity contribution in [2.45, 2.75) is 289 Å². The molecule has 3 N–H and O–H groups in total. The summed E-state index contributed by atoms with van der Waals surface area (Å²) in [6, 6.07) is -0.717. The number of allylic oxidation sites excluding steroid dienone is 8. The molecule has 0 aliphatic carbocycles. The molecular weight excluding hydrogens is 767 g/mol. The van der Waals surface area contributed by atoms with E-state index in [9.17, 15) is 19.8 Å². The van der Waals surface area contributed by atoms with Crippen molar-refractivity contribution in [2.75, 3.05) is 6.61 Å². The van der Waals surface area contributed by atoms with Gasteiger partial charge in [-0.15, -0.1) is 0 Å². The second-order valence-corrected chi connectivity index (χ2v) is 18.3. The van der Waals surface area contributed by atoms with Crippen LogP contribution >= 0.6 is 0 Å². The number of aliphatic hydroxyl groups excluding tert-OH is 2. The van der Waals surface area contributed by atoms with Crippen molar-refractivity contribution in [3.05, 3.63) is 48.6 Å². The largest absolute Gasteiger partial charge is 0.462 e. The topological polar surface area (TPSA) is 95.9 Å². The van der Waals surface area contributed by atoms with Crippen molar-refractivity contribution in [3.63, 3.8) is 0 Å². The quantitative estimate of drug-likeness (QED) is 0.0322. The van der Waals surface area contributed by atoms with Gasteiger partial charge in [-0.1, -0.05) is 249 Å². The first kappa shape index (κ1) is 59.8. The van der Waals surface area contributed by atoms with Gasteiger partial charge in [0.2, 0.25) is 5.91 Å². The third kappa shape index (κ3) is 44.4. The highest BCUT2D eigenvalue weighted by Gasteiger charge is 2.24. The van der Waals surface area contributed by atoms with Gasteiger partial charge in [-0.2, -0.15) is 0 Å². The fourth-order valence-corrected chi connectivity index (χ4v) is 8.13. The number of carbonyl (C=O) groups excluding carboxylic acids is 2. The zero-order valence-electron chi connectivity index (χ0n) is 41.3. The second kappa shape index (κ2) is 49.8. The molecule has 0 aromatic carbocycles. The molecule has 0 radical (unpaired) electrons. The highest BCUT2D eigenvalue weighted by Crippen LogP contribution is 2.18. The summed E-state index contributed by atoms with van der Waals surface area (Å²) in [5.41, 5.74) is 0. The minimum Gasteiger partial charge on any atom is -0.462 e. The lowest BCUT2D eigenvalue weighted by Crippen LogP contribution is -2.46. The van der Waals surface area contributed by atoms with Crippen LogP contribution in [0.1, 0.15) is 271 Å². The van der Waals surface area contributed by atoms with E-state index in [1.54, 1.807) is 0 Å². The molecule has 0 fully saturated rings. The van der Waals surface area contributed by atoms with Crippen molar-refractivity contribution in [3.8, 4) is 0 Å². The maximum Gasteiger partial charge on any atom is 0.306 e. The molecule has 0 spiro atoms. The molecule has 62 heavy (non-hydrogen) atoms. The number of hydrogen-bond acceptors (Lipinski definition) is 5. The molecule has 0 aromatic heterocycles. The predicted molar refractivity (Wildman–Crippen MR) is 269 cm³/mol. The standard InChI is InChI=1S/C56H103NO5/c1-4-7-10-13-16-19-22-25-27-28-31-34-37-40-43-46-49-56(61)62-52(47-44-41-38-35-32-30-26-23-20-17-14-11-8-5-2)50-55(60)57-53(51-58)54(59)48-45-42-39-36-33-29-24-21-18-15-12-9-6-3/h8,11,17,20,26,30,35,38,52-54,58-59H,4-7,9-10,12-16,18-19,21-25,27-29,31-34,36-37,39-51H2,1-3H3,(H,57,60)/b11-8+,20-17+,30-26+,38-35+. The van der Waals surface area contributed by atoms with Crippen molar-refractivity contribution < 1.29 is 24.5 Å². The lowest BCUT2D eigenvalue weighted by molar-refractivity contribution is -0.151. The fourth-order valence-electron chi connectivity index (χ4n) is 8.13. The van der Waals surface area contributed by atoms with Crippen LogP contribution < -0.4 is 5.32 Å². The molecule has 0 saturated heterocycles. The Morgan fingerprint density at radius 3 is 1.29 bits per heavy atom. The first-order valence-electron chi connectivity index (χ1n) is 26.9. The number of hydrogen-bond donors (Lipinski definition) is 3. The third-order valence-electron chi connectivity index (χ3n) is 12.2. The Morgan fingerprint density at radius 1 is 0.484 bits per heavy atom. The third-order valence-corrected chi connectivity index (χ3v) is 12.2. The molecule has 0 aliphatic heterocycles. The summed E-state index contributed by atoms with van der Waals surface area (Å²) < 4.78 is 5.92. The van der Waals surface area contributed by atoms with Crippen molar-refractivity contribution in [1.82, 2.24) is 5.32 Å². The molecule has 3 unspecified atom stereocenters. The Bertz CT molecular complexity index is 1070. The average molecular weight is 870 g/mol. The van der Waals surface area contributed by atoms with Crippen LogP contribution in [0.3, 0.4) is 0 Å². The first-order chi connectivity index (χ1) is 30.5. The highest BCUT2D eigenvalue weighted by atomic mass is 16.5. The monoisotopic (exact) mass is 870 g/mol. The van der Waals surface area contributed by atoms with Gasteiger partial charge in [-0.3, -0.25) is 9.59 Å². The van der Waals surface area contributed by atoms with E-state index >= 15 is 0 Å². The van der Waals surface area contributed by atoms with Gasteiger partial charge in [0.05, 0.1) is 25.2 Å². The van der Waals surface area contributed by atoms with E-state index in [1.165, 1.54) is 148 Å². The first-order valence-corrected chi connectivity index (χ1v) is 26.9. The van der Waals surface area contributed by atoms with Crippen LogP contribution in [-0.2, 0) is 14.3 Å². The van der Waals surface area contributed by atoms with Crippen LogP contribution in [0.25, 0.3) is 0 Å². The van der Waals surface area contributed by atoms with Crippen molar-refractivity contribution >= 4 is 11.9 Å². The SMILES string of the molecule is CC/C=C/C/C=C/C/C=C/C/C=C/CCCC(CC(=O)NC(CO)C(O)CCCCCCCCCCCCCCC)OC(=O)CCCCCCCCCCCCCCCCCC. The molecule has 0 aliphatic rings. The fraction of sp³-hybridized carbons (Fsp3) is 0.821. The van der Waals surface area contributed by atoms with Gasteiger partial charge in [0.15, 0.2) is 0 Å². The maximum absolute atomic E-state index is 13.2. The van der Waals surface area contributed by atoms with Crippen LogP contribution in [0, 0.1) is 0 Å². The van der Waals surface area contributed by atoms with E-state index in [2.05, 4.69) is 74.7 Å². The molecule has 0 bridgehead atoms. The minimum atomic E-state index is -0.800. The summed E-state index contributed by atoms with van der Waals surface area (Å²) >= 11 is 0. The minimum absolute atomic E-state index is 0.0425. The Morgan fingerprint density at radius 2 is 0.871 bits per heavy atom. The highest BCUT2D eigenvalue weighted by molar-refractivity contribution is 5.77. The lowest BCUT2D eigenvalue weighted by atomic mass is 10.0. The Kier molecular flexibility index (Phi) is 48.1. The van der Waals surface area contributed by atoms with E-state index in [1.807, 2.05) is 0 Å². The Labute approximate surface area is 385 Å². The number of nitrogens with one attached hydrogen (secondary N) is 1. The smallest absolute Gasteiger partial charge is 0.306 e. The van der Waals surface area contributed by atoms with Gasteiger partial charge < -0.3 is 20.3 Å². The predicted octanol–water partition coefficient (Wildman–Crippen LogP) is 16.2. The normalized spacial score (nSPS) is 13.6. The summed E-state index contributed by atoms with van der Waals surface area (Å²) in [5.74, 6) is -0.518. The summed E-state index contributed by atoms with van der Waals surface area (Å²) in [5, 5.41) is 23.8. The van der Waals surface area contributed by atoms with Crippen molar-refractivity contribution in [1.29, 1.82) is 0 Å². The summed E-state index contributed by atoms with van der Waals surface area (Å²) in [6.45, 7) is 6.37. The Balaban J connectivity index is 4.61. The lowest BCUT2D eigenvalue weighted by Gasteiger charge is -2.24. The van der Waals surface area contributed by atoms with Crippen LogP contribution in [0.4, 0.5) is 0 Å². The van der Waals surface area contributed by atoms with Crippen LogP contribution in [0.2, 0.25) is 0 Å². The van der Waals surface area contributed by atoms with Gasteiger partial charge in [0.25, 0.3) is 0 Å². The zero-order chi connectivity index (χ0) is 45.2. The number of aliphatic hydroxyl groups is 2. The van der Waals surface area contributed by atoms with Gasteiger partial charge in [0.1, 0.15) is 6.10 Å². The van der Waals surface area contributed by atoms with Crippen molar-refractivity contribution in [2.24, 2.45) is 0 Å². The number of rotatable bonds is 48. The molecule has 0 aromatic rings. The summed E-state index contributed by atoms with van der Waals surface area (Å²) in [7, 11) is 0. The number of carbonyl (C=O) groups is 2. The van der Waals surface area contributed by atoms with E-state index in [4.69, 9.17) is 4.74 Å². The molecule has 362 valence electrons. The molecule has 1 amide bonds. The molecule has 3 atom stereocenters. The second-order valence-electron chi connectivity index (χ2n) is 18.3. The van der Waals surface area contributed by atoms with Crippen LogP contribution in [0.15, 0.2) is 48.6 Å². The molecule has 0 saturated carbocycles. The van der Waals surface area contributed by atoms with Gasteiger partial charge in [-0.05, 0) is 57.8 Å². The average Bonchev–Trinajstić information content (AvgIpc) is 3.26. The summed E-state index contributed by atoms with van der Waals surface area (Å²) in [4.78, 5) is 26.2. The summed E-state index contributed by atoms with van der Waals surface area (Å²) in [6.07, 6.45) is 60.3. The van der Waals surface area contributed by atoms with E-state index in [0.717, 1.165) is 77.0 Å². The number of amides is 1. The molecule has 0 heterocycles. The van der Waals surface area contributed by atoms with Gasteiger partial charge >= 0.3 is 5.97 Å².